The first kappa shape index (κ1) is 17.5. The highest BCUT2D eigenvalue weighted by Crippen LogP contribution is 2.28. The zero-order valence-electron chi connectivity index (χ0n) is 14.1. The highest BCUT2D eigenvalue weighted by atomic mass is 35.5. The van der Waals surface area contributed by atoms with Crippen LogP contribution in [0.2, 0.25) is 10.0 Å². The summed E-state index contributed by atoms with van der Waals surface area (Å²) in [6.45, 7) is 0. The normalized spacial score (nSPS) is 10.7. The molecule has 3 nitrogen and oxygen atoms in total. The fourth-order valence-corrected chi connectivity index (χ4v) is 3.09. The predicted octanol–water partition coefficient (Wildman–Crippen LogP) is 6.08. The average Bonchev–Trinajstić information content (AvgIpc) is 3.15. The van der Waals surface area contributed by atoms with E-state index >= 15 is 0 Å². The second-order valence-corrected chi connectivity index (χ2v) is 6.89. The molecule has 0 amide bonds. The van der Waals surface area contributed by atoms with Crippen molar-refractivity contribution in [2.45, 2.75) is 0 Å². The highest BCUT2D eigenvalue weighted by molar-refractivity contribution is 6.31. The first-order valence-corrected chi connectivity index (χ1v) is 9.09. The van der Waals surface area contributed by atoms with E-state index in [0.29, 0.717) is 21.3 Å². The molecule has 4 rings (SSSR count). The zero-order valence-corrected chi connectivity index (χ0v) is 15.7. The van der Waals surface area contributed by atoms with Gasteiger partial charge in [-0.3, -0.25) is 4.79 Å². The first-order valence-electron chi connectivity index (χ1n) is 8.33. The number of benzene rings is 3. The molecule has 27 heavy (non-hydrogen) atoms. The summed E-state index contributed by atoms with van der Waals surface area (Å²) in [5.74, 6) is -0.161. The molecular formula is C22H14Cl2N2O. The number of carbonyl (C=O) groups is 1. The minimum Gasteiger partial charge on any atom is -0.287 e. The van der Waals surface area contributed by atoms with Crippen LogP contribution in [0.15, 0.2) is 85.1 Å². The molecule has 0 saturated carbocycles. The molecule has 132 valence electrons. The lowest BCUT2D eigenvalue weighted by atomic mass is 10.0. The highest BCUT2D eigenvalue weighted by Gasteiger charge is 2.20. The van der Waals surface area contributed by atoms with Crippen molar-refractivity contribution in [3.63, 3.8) is 0 Å². The molecule has 0 unspecified atom stereocenters. The Hall–Kier alpha value is -2.88. The summed E-state index contributed by atoms with van der Waals surface area (Å²) in [6.07, 6.45) is 1.86. The molecule has 5 heteroatoms. The Labute approximate surface area is 166 Å². The Bertz CT molecular complexity index is 1090. The fraction of sp³-hybridized carbons (Fsp3) is 0. The molecule has 1 heterocycles. The molecule has 0 atom stereocenters. The minimum atomic E-state index is -0.161. The topological polar surface area (TPSA) is 34.9 Å². The van der Waals surface area contributed by atoms with E-state index in [0.717, 1.165) is 16.8 Å². The monoisotopic (exact) mass is 392 g/mol. The largest absolute Gasteiger partial charge is 0.287 e. The quantitative estimate of drug-likeness (QED) is 0.394. The number of aromatic nitrogens is 2. The van der Waals surface area contributed by atoms with Gasteiger partial charge in [-0.15, -0.1) is 0 Å². The van der Waals surface area contributed by atoms with Crippen LogP contribution in [0.5, 0.6) is 0 Å². The van der Waals surface area contributed by atoms with Crippen LogP contribution in [0.3, 0.4) is 0 Å². The van der Waals surface area contributed by atoms with E-state index in [4.69, 9.17) is 23.2 Å². The van der Waals surface area contributed by atoms with Gasteiger partial charge >= 0.3 is 0 Å². The summed E-state index contributed by atoms with van der Waals surface area (Å²) in [6, 6.07) is 23.9. The van der Waals surface area contributed by atoms with Crippen molar-refractivity contribution in [1.82, 2.24) is 9.78 Å². The van der Waals surface area contributed by atoms with Gasteiger partial charge in [0.15, 0.2) is 0 Å². The van der Waals surface area contributed by atoms with E-state index < -0.39 is 0 Å². The molecule has 0 aliphatic carbocycles. The van der Waals surface area contributed by atoms with E-state index in [1.165, 1.54) is 0 Å². The Morgan fingerprint density at radius 2 is 1.37 bits per heavy atom. The van der Waals surface area contributed by atoms with Crippen LogP contribution >= 0.6 is 23.2 Å². The van der Waals surface area contributed by atoms with Gasteiger partial charge in [-0.1, -0.05) is 53.5 Å². The Morgan fingerprint density at radius 1 is 0.778 bits per heavy atom. The van der Waals surface area contributed by atoms with Crippen molar-refractivity contribution in [3.8, 4) is 16.8 Å². The van der Waals surface area contributed by atoms with E-state index in [1.807, 2.05) is 48.7 Å². The Balaban J connectivity index is 1.85. The lowest BCUT2D eigenvalue weighted by molar-refractivity contribution is 0.103. The van der Waals surface area contributed by atoms with E-state index in [9.17, 15) is 4.79 Å². The summed E-state index contributed by atoms with van der Waals surface area (Å²) in [7, 11) is 0. The molecule has 0 aliphatic rings. The SMILES string of the molecule is O=C(c1ccc(Cl)cc1)c1nn(-c2ccccc2)cc1-c1ccc(Cl)cc1. The molecule has 0 N–H and O–H groups in total. The number of hydrogen-bond acceptors (Lipinski definition) is 2. The van der Waals surface area contributed by atoms with Gasteiger partial charge in [-0.25, -0.2) is 4.68 Å². The van der Waals surface area contributed by atoms with E-state index in [-0.39, 0.29) is 5.78 Å². The number of halogens is 2. The van der Waals surface area contributed by atoms with Crippen LogP contribution in [0, 0.1) is 0 Å². The molecule has 0 spiro atoms. The van der Waals surface area contributed by atoms with Gasteiger partial charge in [0, 0.05) is 27.4 Å². The maximum Gasteiger partial charge on any atom is 0.213 e. The number of rotatable bonds is 4. The summed E-state index contributed by atoms with van der Waals surface area (Å²) in [5, 5.41) is 5.80. The summed E-state index contributed by atoms with van der Waals surface area (Å²) < 4.78 is 1.72. The fourth-order valence-electron chi connectivity index (χ4n) is 2.83. The third-order valence-corrected chi connectivity index (χ3v) is 4.72. The summed E-state index contributed by atoms with van der Waals surface area (Å²) in [4.78, 5) is 13.1. The molecule has 0 saturated heterocycles. The van der Waals surface area contributed by atoms with Crippen molar-refractivity contribution >= 4 is 29.0 Å². The maximum absolute atomic E-state index is 13.1. The number of ketones is 1. The van der Waals surface area contributed by atoms with Crippen LogP contribution in [0.4, 0.5) is 0 Å². The number of hydrogen-bond donors (Lipinski definition) is 0. The number of nitrogens with zero attached hydrogens (tertiary/aromatic N) is 2. The van der Waals surface area contributed by atoms with Crippen molar-refractivity contribution < 1.29 is 4.79 Å². The van der Waals surface area contributed by atoms with Crippen molar-refractivity contribution in [3.05, 3.63) is 106 Å². The van der Waals surface area contributed by atoms with E-state index in [1.54, 1.807) is 41.1 Å². The molecule has 0 radical (unpaired) electrons. The van der Waals surface area contributed by atoms with Crippen molar-refractivity contribution in [2.24, 2.45) is 0 Å². The van der Waals surface area contributed by atoms with Gasteiger partial charge in [-0.05, 0) is 54.1 Å². The smallest absolute Gasteiger partial charge is 0.213 e. The second-order valence-electron chi connectivity index (χ2n) is 6.01. The summed E-state index contributed by atoms with van der Waals surface area (Å²) in [5.41, 5.74) is 3.41. The zero-order chi connectivity index (χ0) is 18.8. The van der Waals surface area contributed by atoms with Gasteiger partial charge in [-0.2, -0.15) is 5.10 Å². The molecule has 0 aliphatic heterocycles. The number of para-hydroxylation sites is 1. The van der Waals surface area contributed by atoms with Gasteiger partial charge in [0.1, 0.15) is 5.69 Å². The molecular weight excluding hydrogens is 379 g/mol. The van der Waals surface area contributed by atoms with Gasteiger partial charge in [0.25, 0.3) is 0 Å². The lowest BCUT2D eigenvalue weighted by Crippen LogP contribution is -2.05. The predicted molar refractivity (Wildman–Crippen MR) is 109 cm³/mol. The molecule has 0 fully saturated rings. The first-order chi connectivity index (χ1) is 13.1. The lowest BCUT2D eigenvalue weighted by Gasteiger charge is -2.03. The average molecular weight is 393 g/mol. The maximum atomic E-state index is 13.1. The number of carbonyl (C=O) groups excluding carboxylic acids is 1. The van der Waals surface area contributed by atoms with Crippen molar-refractivity contribution in [1.29, 1.82) is 0 Å². The van der Waals surface area contributed by atoms with Crippen LogP contribution < -0.4 is 0 Å². The molecule has 3 aromatic carbocycles. The van der Waals surface area contributed by atoms with E-state index in [2.05, 4.69) is 5.10 Å². The standard InChI is InChI=1S/C22H14Cl2N2O/c23-17-10-6-15(7-11-17)20-14-26(19-4-2-1-3-5-19)25-21(20)22(27)16-8-12-18(24)13-9-16/h1-14H. The third kappa shape index (κ3) is 3.65. The second kappa shape index (κ2) is 7.39. The van der Waals surface area contributed by atoms with Crippen LogP contribution in [0.1, 0.15) is 16.1 Å². The van der Waals surface area contributed by atoms with Gasteiger partial charge in [0.2, 0.25) is 5.78 Å². The van der Waals surface area contributed by atoms with Gasteiger partial charge in [0.05, 0.1) is 5.69 Å². The van der Waals surface area contributed by atoms with Crippen LogP contribution in [0.25, 0.3) is 16.8 Å². The minimum absolute atomic E-state index is 0.161. The van der Waals surface area contributed by atoms with Crippen molar-refractivity contribution in [2.75, 3.05) is 0 Å². The molecule has 0 bridgehead atoms. The van der Waals surface area contributed by atoms with Gasteiger partial charge < -0.3 is 0 Å². The summed E-state index contributed by atoms with van der Waals surface area (Å²) >= 11 is 12.0. The third-order valence-electron chi connectivity index (χ3n) is 4.21. The Morgan fingerprint density at radius 3 is 2.00 bits per heavy atom. The van der Waals surface area contributed by atoms with Crippen LogP contribution in [-0.2, 0) is 0 Å². The Kier molecular flexibility index (Phi) is 4.80. The van der Waals surface area contributed by atoms with Crippen LogP contribution in [-0.4, -0.2) is 15.6 Å². The molecule has 4 aromatic rings. The molecule has 1 aromatic heterocycles.